The van der Waals surface area contributed by atoms with Gasteiger partial charge in [0.05, 0.1) is 0 Å². The minimum Gasteiger partial charge on any atom is -0.473 e. The van der Waals surface area contributed by atoms with Gasteiger partial charge in [-0.3, -0.25) is 4.90 Å². The van der Waals surface area contributed by atoms with Crippen molar-refractivity contribution in [3.8, 4) is 5.75 Å². The maximum absolute atomic E-state index is 11.0. The Morgan fingerprint density at radius 1 is 1.41 bits per heavy atom. The Bertz CT molecular complexity index is 578. The second-order valence-electron chi connectivity index (χ2n) is 6.15. The van der Waals surface area contributed by atoms with Crippen LogP contribution in [0.1, 0.15) is 18.9 Å². The number of carbonyl (C=O) groups excluding carboxylic acids is 1. The molecule has 0 unspecified atom stereocenters. The molecule has 0 saturated carbocycles. The van der Waals surface area contributed by atoms with Crippen molar-refractivity contribution < 1.29 is 19.4 Å². The van der Waals surface area contributed by atoms with Crippen molar-refractivity contribution in [2.75, 3.05) is 19.6 Å². The van der Waals surface area contributed by atoms with Crippen LogP contribution in [0.25, 0.3) is 0 Å². The van der Waals surface area contributed by atoms with Crippen LogP contribution >= 0.6 is 0 Å². The van der Waals surface area contributed by atoms with Crippen molar-refractivity contribution in [1.29, 1.82) is 0 Å². The van der Waals surface area contributed by atoms with E-state index in [2.05, 4.69) is 17.1 Å². The van der Waals surface area contributed by atoms with Crippen LogP contribution in [-0.2, 0) is 16.1 Å². The van der Waals surface area contributed by atoms with Gasteiger partial charge < -0.3 is 15.2 Å². The number of aliphatic carboxylic acids is 1. The van der Waals surface area contributed by atoms with Gasteiger partial charge >= 0.3 is 11.9 Å². The molecule has 2 atom stereocenters. The van der Waals surface area contributed by atoms with Crippen LogP contribution in [0.5, 0.6) is 5.75 Å². The lowest BCUT2D eigenvalue weighted by Crippen LogP contribution is -2.66. The molecule has 0 radical (unpaired) electrons. The van der Waals surface area contributed by atoms with Crippen LogP contribution in [0.15, 0.2) is 24.3 Å². The quantitative estimate of drug-likeness (QED) is 0.490. The fourth-order valence-corrected chi connectivity index (χ4v) is 3.53. The Kier molecular flexibility index (Phi) is 3.88. The third-order valence-corrected chi connectivity index (χ3v) is 4.89. The van der Waals surface area contributed by atoms with Crippen molar-refractivity contribution >= 4 is 11.9 Å². The number of rotatable bonds is 3. The smallest absolute Gasteiger partial charge is 0.422 e. The van der Waals surface area contributed by atoms with Gasteiger partial charge in [0.25, 0.3) is 0 Å². The van der Waals surface area contributed by atoms with Crippen molar-refractivity contribution in [2.24, 2.45) is 5.92 Å². The molecule has 0 bridgehead atoms. The highest BCUT2D eigenvalue weighted by atomic mass is 16.6. The van der Waals surface area contributed by atoms with E-state index in [0.717, 1.165) is 31.7 Å². The SMILES string of the molecule is C[C@H]1CN(Cc2ccc(OC(=O)C(=O)O)cc2)[C@]12CCNC2. The molecule has 118 valence electrons. The summed E-state index contributed by atoms with van der Waals surface area (Å²) in [6, 6.07) is 7.03. The highest BCUT2D eigenvalue weighted by Crippen LogP contribution is 2.41. The number of hydrogen-bond donors (Lipinski definition) is 2. The summed E-state index contributed by atoms with van der Waals surface area (Å²) >= 11 is 0. The number of carbonyl (C=O) groups is 2. The molecule has 22 heavy (non-hydrogen) atoms. The van der Waals surface area contributed by atoms with Gasteiger partial charge in [-0.15, -0.1) is 0 Å². The molecule has 0 amide bonds. The summed E-state index contributed by atoms with van der Waals surface area (Å²) in [5, 5.41) is 12.0. The van der Waals surface area contributed by atoms with Crippen LogP contribution < -0.4 is 10.1 Å². The number of carboxylic acids is 1. The number of benzene rings is 1. The zero-order valence-corrected chi connectivity index (χ0v) is 12.5. The maximum atomic E-state index is 11.0. The molecule has 1 spiro atoms. The van der Waals surface area contributed by atoms with Gasteiger partial charge in [0.1, 0.15) is 5.75 Å². The third kappa shape index (κ3) is 2.60. The Morgan fingerprint density at radius 3 is 2.68 bits per heavy atom. The van der Waals surface area contributed by atoms with Crippen molar-refractivity contribution in [1.82, 2.24) is 10.2 Å². The predicted molar refractivity (Wildman–Crippen MR) is 79.5 cm³/mol. The zero-order chi connectivity index (χ0) is 15.7. The molecule has 6 heteroatoms. The number of ether oxygens (including phenoxy) is 1. The third-order valence-electron chi connectivity index (χ3n) is 4.89. The highest BCUT2D eigenvalue weighted by Gasteiger charge is 2.51. The zero-order valence-electron chi connectivity index (χ0n) is 12.5. The largest absolute Gasteiger partial charge is 0.473 e. The summed E-state index contributed by atoms with van der Waals surface area (Å²) in [5.74, 6) is -1.89. The van der Waals surface area contributed by atoms with Gasteiger partial charge in [-0.05, 0) is 36.6 Å². The van der Waals surface area contributed by atoms with E-state index in [1.807, 2.05) is 12.1 Å². The lowest BCUT2D eigenvalue weighted by atomic mass is 9.74. The Hall–Kier alpha value is -1.92. The van der Waals surface area contributed by atoms with Gasteiger partial charge in [0, 0.05) is 25.2 Å². The van der Waals surface area contributed by atoms with Crippen molar-refractivity contribution in [3.05, 3.63) is 29.8 Å². The first-order valence-corrected chi connectivity index (χ1v) is 7.51. The Balaban J connectivity index is 1.62. The first kappa shape index (κ1) is 15.0. The van der Waals surface area contributed by atoms with Crippen LogP contribution in [0.4, 0.5) is 0 Å². The van der Waals surface area contributed by atoms with Gasteiger partial charge in [-0.1, -0.05) is 19.1 Å². The number of esters is 1. The number of nitrogens with zero attached hydrogens (tertiary/aromatic N) is 1. The normalized spacial score (nSPS) is 27.6. The summed E-state index contributed by atoms with van der Waals surface area (Å²) in [5.41, 5.74) is 1.42. The maximum Gasteiger partial charge on any atom is 0.422 e. The Labute approximate surface area is 129 Å². The molecule has 2 aliphatic heterocycles. The molecular formula is C16H20N2O4. The van der Waals surface area contributed by atoms with E-state index in [9.17, 15) is 9.59 Å². The molecule has 3 rings (SSSR count). The molecule has 0 aliphatic carbocycles. The molecule has 2 fully saturated rings. The Morgan fingerprint density at radius 2 is 2.14 bits per heavy atom. The highest BCUT2D eigenvalue weighted by molar-refractivity contribution is 6.29. The van der Waals surface area contributed by atoms with E-state index in [-0.39, 0.29) is 11.3 Å². The molecule has 2 aliphatic rings. The molecule has 2 N–H and O–H groups in total. The predicted octanol–water partition coefficient (Wildman–Crippen LogP) is 0.860. The summed E-state index contributed by atoms with van der Waals surface area (Å²) in [7, 11) is 0. The van der Waals surface area contributed by atoms with E-state index >= 15 is 0 Å². The molecule has 1 aromatic carbocycles. The first-order chi connectivity index (χ1) is 10.5. The number of nitrogens with one attached hydrogen (secondary N) is 1. The second kappa shape index (κ2) is 5.70. The fourth-order valence-electron chi connectivity index (χ4n) is 3.53. The topological polar surface area (TPSA) is 78.9 Å². The first-order valence-electron chi connectivity index (χ1n) is 7.51. The van der Waals surface area contributed by atoms with Crippen molar-refractivity contribution in [3.63, 3.8) is 0 Å². The van der Waals surface area contributed by atoms with Gasteiger partial charge in [-0.25, -0.2) is 9.59 Å². The minimum absolute atomic E-state index is 0.255. The van der Waals surface area contributed by atoms with E-state index in [0.29, 0.717) is 5.92 Å². The van der Waals surface area contributed by atoms with E-state index in [1.165, 1.54) is 6.42 Å². The van der Waals surface area contributed by atoms with E-state index in [1.54, 1.807) is 12.1 Å². The average Bonchev–Trinajstić information content (AvgIpc) is 3.01. The lowest BCUT2D eigenvalue weighted by molar-refractivity contribution is -0.158. The van der Waals surface area contributed by atoms with E-state index in [4.69, 9.17) is 9.84 Å². The molecule has 1 aromatic rings. The average molecular weight is 304 g/mol. The fraction of sp³-hybridized carbons (Fsp3) is 0.500. The summed E-state index contributed by atoms with van der Waals surface area (Å²) in [4.78, 5) is 23.9. The van der Waals surface area contributed by atoms with Crippen LogP contribution in [0.3, 0.4) is 0 Å². The van der Waals surface area contributed by atoms with E-state index < -0.39 is 11.9 Å². The monoisotopic (exact) mass is 304 g/mol. The van der Waals surface area contributed by atoms with Crippen LogP contribution in [0, 0.1) is 5.92 Å². The number of likely N-dealkylation sites (tertiary alicyclic amines) is 1. The summed E-state index contributed by atoms with van der Waals surface area (Å²) in [6.45, 7) is 6.38. The minimum atomic E-state index is -1.59. The molecule has 2 saturated heterocycles. The summed E-state index contributed by atoms with van der Waals surface area (Å²) < 4.78 is 4.72. The van der Waals surface area contributed by atoms with Crippen molar-refractivity contribution in [2.45, 2.75) is 25.4 Å². The second-order valence-corrected chi connectivity index (χ2v) is 6.15. The number of carboxylic acid groups (broad SMARTS) is 1. The molecule has 6 nitrogen and oxygen atoms in total. The number of hydrogen-bond acceptors (Lipinski definition) is 5. The van der Waals surface area contributed by atoms with Crippen LogP contribution in [0.2, 0.25) is 0 Å². The lowest BCUT2D eigenvalue weighted by Gasteiger charge is -2.56. The molecule has 0 aromatic heterocycles. The standard InChI is InChI=1S/C16H20N2O4/c1-11-8-18(16(11)6-7-17-10-16)9-12-2-4-13(5-3-12)22-15(21)14(19)20/h2-5,11,17H,6-10H2,1H3,(H,19,20)/t11-,16-/m0/s1. The van der Waals surface area contributed by atoms with Gasteiger partial charge in [-0.2, -0.15) is 0 Å². The molecule has 2 heterocycles. The van der Waals surface area contributed by atoms with Gasteiger partial charge in [0.15, 0.2) is 0 Å². The van der Waals surface area contributed by atoms with Crippen LogP contribution in [-0.4, -0.2) is 47.1 Å². The van der Waals surface area contributed by atoms with Gasteiger partial charge in [0.2, 0.25) is 0 Å². The molecular weight excluding hydrogens is 284 g/mol. The summed E-state index contributed by atoms with van der Waals surface area (Å²) in [6.07, 6.45) is 1.18.